The molecule has 1 saturated heterocycles. The second-order valence-electron chi connectivity index (χ2n) is 9.91. The molecule has 0 aliphatic carbocycles. The number of fused-ring (bicyclic) bond motifs is 2. The van der Waals surface area contributed by atoms with Crippen molar-refractivity contribution in [3.63, 3.8) is 0 Å². The smallest absolute Gasteiger partial charge is 0.350 e. The lowest BCUT2D eigenvalue weighted by Crippen LogP contribution is -2.55. The number of hydrogen-bond acceptors (Lipinski definition) is 7. The Balaban J connectivity index is 1.26. The van der Waals surface area contributed by atoms with Crippen molar-refractivity contribution in [2.45, 2.75) is 30.8 Å². The first-order valence-corrected chi connectivity index (χ1v) is 14.2. The van der Waals surface area contributed by atoms with Gasteiger partial charge in [0.1, 0.15) is 10.8 Å². The summed E-state index contributed by atoms with van der Waals surface area (Å²) in [5.74, 6) is -0.880. The number of halogens is 1. The van der Waals surface area contributed by atoms with Gasteiger partial charge in [-0.05, 0) is 35.9 Å². The summed E-state index contributed by atoms with van der Waals surface area (Å²) >= 11 is 7.85. The number of nitrogens with zero attached hydrogens (tertiary/aromatic N) is 2. The molecule has 6 rings (SSSR count). The Bertz CT molecular complexity index is 1630. The van der Waals surface area contributed by atoms with Crippen LogP contribution in [0.25, 0.3) is 20.8 Å². The van der Waals surface area contributed by atoms with Gasteiger partial charge in [0.2, 0.25) is 17.4 Å². The minimum atomic E-state index is -1.28. The molecule has 0 unspecified atom stereocenters. The van der Waals surface area contributed by atoms with Crippen LogP contribution in [-0.2, 0) is 19.1 Å². The highest BCUT2D eigenvalue weighted by Crippen LogP contribution is 2.41. The van der Waals surface area contributed by atoms with Gasteiger partial charge in [0.25, 0.3) is 0 Å². The zero-order chi connectivity index (χ0) is 27.9. The van der Waals surface area contributed by atoms with Crippen LogP contribution >= 0.6 is 22.9 Å². The summed E-state index contributed by atoms with van der Waals surface area (Å²) in [6.45, 7) is 0.570. The van der Waals surface area contributed by atoms with E-state index in [-0.39, 0.29) is 44.2 Å². The highest BCUT2D eigenvalue weighted by atomic mass is 35.5. The Kier molecular flexibility index (Phi) is 6.93. The van der Waals surface area contributed by atoms with E-state index in [9.17, 15) is 14.4 Å². The number of rotatable bonds is 5. The van der Waals surface area contributed by atoms with Gasteiger partial charge >= 0.3 is 5.97 Å². The number of nitrogens with one attached hydrogen (secondary N) is 1. The van der Waals surface area contributed by atoms with Gasteiger partial charge in [-0.3, -0.25) is 9.59 Å². The molecule has 4 aromatic rings. The van der Waals surface area contributed by atoms with Gasteiger partial charge in [0.15, 0.2) is 0 Å². The number of likely N-dealkylation sites (tertiary alicyclic amines) is 1. The first-order chi connectivity index (χ1) is 19.4. The van der Waals surface area contributed by atoms with Crippen molar-refractivity contribution in [3.05, 3.63) is 77.3 Å². The number of ether oxygens (including phenoxy) is 2. The molecule has 1 aromatic heterocycles. The molecule has 40 heavy (non-hydrogen) atoms. The number of esters is 1. The minimum absolute atomic E-state index is 0.0878. The van der Waals surface area contributed by atoms with E-state index in [1.54, 1.807) is 11.0 Å². The summed E-state index contributed by atoms with van der Waals surface area (Å²) in [4.78, 5) is 45.5. The second-order valence-corrected chi connectivity index (χ2v) is 11.3. The van der Waals surface area contributed by atoms with Gasteiger partial charge < -0.3 is 19.7 Å². The van der Waals surface area contributed by atoms with Gasteiger partial charge in [-0.2, -0.15) is 0 Å². The number of methoxy groups -OCH3 is 1. The third kappa shape index (κ3) is 4.69. The molecule has 0 radical (unpaired) electrons. The number of benzene rings is 3. The Labute approximate surface area is 239 Å². The summed E-state index contributed by atoms with van der Waals surface area (Å²) in [7, 11) is 1.34. The Morgan fingerprint density at radius 3 is 2.58 bits per heavy atom. The van der Waals surface area contributed by atoms with Crippen molar-refractivity contribution in [1.29, 1.82) is 0 Å². The van der Waals surface area contributed by atoms with Crippen LogP contribution in [0, 0.1) is 0 Å². The lowest BCUT2D eigenvalue weighted by atomic mass is 9.86. The van der Waals surface area contributed by atoms with E-state index in [1.165, 1.54) is 18.4 Å². The zero-order valence-electron chi connectivity index (χ0n) is 21.7. The van der Waals surface area contributed by atoms with Crippen LogP contribution in [0.15, 0.2) is 66.7 Å². The fourth-order valence-electron chi connectivity index (χ4n) is 5.45. The number of piperidine rings is 1. The Hall–Kier alpha value is -3.95. The summed E-state index contributed by atoms with van der Waals surface area (Å²) in [6.07, 6.45) is 0.572. The molecular weight excluding hydrogens is 550 g/mol. The predicted molar refractivity (Wildman–Crippen MR) is 154 cm³/mol. The molecule has 1 fully saturated rings. The van der Waals surface area contributed by atoms with Crippen molar-refractivity contribution in [2.75, 3.05) is 25.5 Å². The lowest BCUT2D eigenvalue weighted by Gasteiger charge is -2.41. The van der Waals surface area contributed by atoms with Crippen LogP contribution in [0.4, 0.5) is 5.69 Å². The quantitative estimate of drug-likeness (QED) is 0.309. The van der Waals surface area contributed by atoms with E-state index in [1.807, 2.05) is 60.7 Å². The SMILES string of the molecule is COC(=O)C1(Oc2ccccc2-c2nc3cccc(Cl)c3s2)CCN(C(=O)[C@H]2CC(=O)Nc3ccccc32)CC1. The van der Waals surface area contributed by atoms with E-state index < -0.39 is 17.5 Å². The van der Waals surface area contributed by atoms with E-state index in [0.29, 0.717) is 16.5 Å². The molecule has 2 aliphatic rings. The molecule has 0 spiro atoms. The van der Waals surface area contributed by atoms with Crippen LogP contribution in [0.1, 0.15) is 30.7 Å². The third-order valence-corrected chi connectivity index (χ3v) is 9.09. The number of carbonyl (C=O) groups is 3. The summed E-state index contributed by atoms with van der Waals surface area (Å²) < 4.78 is 12.6. The average Bonchev–Trinajstić information content (AvgIpc) is 3.42. The fraction of sp³-hybridized carbons (Fsp3) is 0.267. The maximum absolute atomic E-state index is 13.6. The number of para-hydroxylation sites is 2. The highest BCUT2D eigenvalue weighted by Gasteiger charge is 2.47. The molecular formula is C30H26ClN3O5S. The van der Waals surface area contributed by atoms with Gasteiger partial charge in [-0.1, -0.05) is 48.0 Å². The maximum Gasteiger partial charge on any atom is 0.350 e. The normalized spacial score (nSPS) is 18.1. The maximum atomic E-state index is 13.6. The van der Waals surface area contributed by atoms with Gasteiger partial charge in [0.05, 0.1) is 33.8 Å². The first-order valence-electron chi connectivity index (χ1n) is 13.0. The summed E-state index contributed by atoms with van der Waals surface area (Å²) in [5, 5.41) is 4.19. The molecule has 3 heterocycles. The van der Waals surface area contributed by atoms with Crippen molar-refractivity contribution in [2.24, 2.45) is 0 Å². The van der Waals surface area contributed by atoms with Crippen LogP contribution in [0.5, 0.6) is 5.75 Å². The summed E-state index contributed by atoms with van der Waals surface area (Å²) in [6, 6.07) is 20.4. The average molecular weight is 576 g/mol. The summed E-state index contributed by atoms with van der Waals surface area (Å²) in [5.41, 5.74) is 1.71. The topological polar surface area (TPSA) is 97.8 Å². The van der Waals surface area contributed by atoms with Gasteiger partial charge in [0, 0.05) is 38.0 Å². The monoisotopic (exact) mass is 575 g/mol. The van der Waals surface area contributed by atoms with Crippen molar-refractivity contribution < 1.29 is 23.9 Å². The standard InChI is InChI=1S/C30H26ClN3O5S/c1-38-29(37)30(39-24-12-5-3-8-19(24)27-33-23-11-6-9-21(31)26(23)40-27)13-15-34(16-14-30)28(36)20-17-25(35)32-22-10-4-2-7-18(20)22/h2-12,20H,13-17H2,1H3,(H,32,35)/t20-/m0/s1. The van der Waals surface area contributed by atoms with E-state index >= 15 is 0 Å². The van der Waals surface area contributed by atoms with Gasteiger partial charge in [-0.15, -0.1) is 11.3 Å². The first kappa shape index (κ1) is 26.3. The van der Waals surface area contributed by atoms with Crippen LogP contribution in [0.2, 0.25) is 5.02 Å². The van der Waals surface area contributed by atoms with Crippen molar-refractivity contribution in [3.8, 4) is 16.3 Å². The molecule has 204 valence electrons. The molecule has 1 atom stereocenters. The van der Waals surface area contributed by atoms with Crippen LogP contribution < -0.4 is 10.1 Å². The largest absolute Gasteiger partial charge is 0.475 e. The van der Waals surface area contributed by atoms with E-state index in [2.05, 4.69) is 5.32 Å². The van der Waals surface area contributed by atoms with Crippen LogP contribution in [0.3, 0.4) is 0 Å². The minimum Gasteiger partial charge on any atom is -0.475 e. The van der Waals surface area contributed by atoms with Crippen LogP contribution in [-0.4, -0.2) is 53.5 Å². The lowest BCUT2D eigenvalue weighted by molar-refractivity contribution is -0.165. The van der Waals surface area contributed by atoms with E-state index in [0.717, 1.165) is 26.4 Å². The number of carbonyl (C=O) groups excluding carboxylic acids is 3. The Morgan fingerprint density at radius 1 is 1.05 bits per heavy atom. The number of amides is 2. The van der Waals surface area contributed by atoms with Gasteiger partial charge in [-0.25, -0.2) is 9.78 Å². The number of hydrogen-bond donors (Lipinski definition) is 1. The number of aromatic nitrogens is 1. The molecule has 3 aromatic carbocycles. The molecule has 2 aliphatic heterocycles. The molecule has 2 amide bonds. The highest BCUT2D eigenvalue weighted by molar-refractivity contribution is 7.22. The third-order valence-electron chi connectivity index (χ3n) is 7.53. The number of thiazole rings is 1. The molecule has 0 bridgehead atoms. The van der Waals surface area contributed by atoms with E-state index in [4.69, 9.17) is 26.1 Å². The Morgan fingerprint density at radius 2 is 1.80 bits per heavy atom. The number of anilines is 1. The van der Waals surface area contributed by atoms with Crippen molar-refractivity contribution >= 4 is 56.6 Å². The molecule has 1 N–H and O–H groups in total. The molecule has 10 heteroatoms. The molecule has 8 nitrogen and oxygen atoms in total. The predicted octanol–water partition coefficient (Wildman–Crippen LogP) is 5.66. The van der Waals surface area contributed by atoms with Crippen molar-refractivity contribution in [1.82, 2.24) is 9.88 Å². The second kappa shape index (κ2) is 10.6. The zero-order valence-corrected chi connectivity index (χ0v) is 23.3. The molecule has 0 saturated carbocycles. The fourth-order valence-corrected chi connectivity index (χ4v) is 6.73.